The van der Waals surface area contributed by atoms with Gasteiger partial charge in [0.25, 0.3) is 0 Å². The molecule has 0 bridgehead atoms. The molecule has 1 aliphatic rings. The lowest BCUT2D eigenvalue weighted by atomic mass is 9.98. The molecule has 3 rings (SSSR count). The van der Waals surface area contributed by atoms with E-state index in [0.717, 1.165) is 16.5 Å². The average Bonchev–Trinajstić information content (AvgIpc) is 3.33. The van der Waals surface area contributed by atoms with E-state index in [1.807, 2.05) is 24.3 Å². The molecule has 0 aromatic heterocycles. The third kappa shape index (κ3) is 2.27. The molecular formula is C17H16O4. The van der Waals surface area contributed by atoms with Crippen molar-refractivity contribution >= 4 is 22.5 Å². The first-order valence-electron chi connectivity index (χ1n) is 6.85. The zero-order valence-corrected chi connectivity index (χ0v) is 12.0. The number of carbonyl (C=O) groups is 2. The number of hydrogen-bond acceptors (Lipinski definition) is 4. The van der Waals surface area contributed by atoms with E-state index < -0.39 is 0 Å². The molecule has 21 heavy (non-hydrogen) atoms. The van der Waals surface area contributed by atoms with Gasteiger partial charge in [-0.2, -0.15) is 0 Å². The van der Waals surface area contributed by atoms with E-state index in [2.05, 4.69) is 0 Å². The summed E-state index contributed by atoms with van der Waals surface area (Å²) in [5, 5.41) is 1.76. The Labute approximate surface area is 122 Å². The van der Waals surface area contributed by atoms with Crippen LogP contribution in [0.5, 0.6) is 5.75 Å². The normalized spacial score (nSPS) is 20.1. The lowest BCUT2D eigenvalue weighted by Gasteiger charge is -2.09. The van der Waals surface area contributed by atoms with Crippen molar-refractivity contribution in [2.75, 3.05) is 14.2 Å². The first-order valence-corrected chi connectivity index (χ1v) is 6.85. The van der Waals surface area contributed by atoms with E-state index in [1.165, 1.54) is 7.11 Å². The van der Waals surface area contributed by atoms with Crippen LogP contribution in [0.3, 0.4) is 0 Å². The summed E-state index contributed by atoms with van der Waals surface area (Å²) in [6.07, 6.45) is 0.575. The molecule has 2 aromatic carbocycles. The van der Waals surface area contributed by atoms with E-state index in [1.54, 1.807) is 19.2 Å². The second kappa shape index (κ2) is 5.20. The van der Waals surface area contributed by atoms with E-state index in [-0.39, 0.29) is 23.6 Å². The van der Waals surface area contributed by atoms with Crippen LogP contribution in [0.25, 0.3) is 10.8 Å². The van der Waals surface area contributed by atoms with E-state index in [4.69, 9.17) is 9.47 Å². The van der Waals surface area contributed by atoms with Gasteiger partial charge in [-0.05, 0) is 23.9 Å². The van der Waals surface area contributed by atoms with Gasteiger partial charge in [-0.1, -0.05) is 24.3 Å². The molecule has 1 saturated carbocycles. The van der Waals surface area contributed by atoms with Crippen LogP contribution in [0.1, 0.15) is 16.8 Å². The van der Waals surface area contributed by atoms with Crippen molar-refractivity contribution in [3.63, 3.8) is 0 Å². The second-order valence-corrected chi connectivity index (χ2v) is 5.20. The van der Waals surface area contributed by atoms with Gasteiger partial charge < -0.3 is 9.47 Å². The number of ether oxygens (including phenoxy) is 2. The number of benzene rings is 2. The highest BCUT2D eigenvalue weighted by Gasteiger charge is 2.49. The average molecular weight is 284 g/mol. The zero-order valence-electron chi connectivity index (χ0n) is 12.0. The molecule has 0 spiro atoms. The topological polar surface area (TPSA) is 52.6 Å². The lowest BCUT2D eigenvalue weighted by molar-refractivity contribution is -0.142. The number of Topliss-reactive ketones (excluding diaryl/α,β-unsaturated/α-hetero) is 1. The highest BCUT2D eigenvalue weighted by Crippen LogP contribution is 2.43. The van der Waals surface area contributed by atoms with Crippen LogP contribution in [0.4, 0.5) is 0 Å². The zero-order chi connectivity index (χ0) is 15.0. The molecule has 2 aromatic rings. The molecule has 108 valence electrons. The fourth-order valence-corrected chi connectivity index (χ4v) is 2.76. The quantitative estimate of drug-likeness (QED) is 0.640. The van der Waals surface area contributed by atoms with Crippen LogP contribution in [0.15, 0.2) is 36.4 Å². The van der Waals surface area contributed by atoms with Gasteiger partial charge in [0.15, 0.2) is 5.78 Å². The molecule has 0 aliphatic heterocycles. The molecule has 4 nitrogen and oxygen atoms in total. The number of methoxy groups -OCH3 is 2. The minimum atomic E-state index is -0.300. The maximum absolute atomic E-state index is 12.6. The first kappa shape index (κ1) is 13.6. The first-order chi connectivity index (χ1) is 10.2. The number of rotatable bonds is 4. The minimum absolute atomic E-state index is 0.00394. The number of hydrogen-bond donors (Lipinski definition) is 0. The summed E-state index contributed by atoms with van der Waals surface area (Å²) >= 11 is 0. The molecular weight excluding hydrogens is 268 g/mol. The van der Waals surface area contributed by atoms with Gasteiger partial charge >= 0.3 is 5.97 Å². The molecule has 4 heteroatoms. The third-order valence-corrected chi connectivity index (χ3v) is 4.00. The Bertz CT molecular complexity index is 720. The van der Waals surface area contributed by atoms with Crippen molar-refractivity contribution in [1.82, 2.24) is 0 Å². The SMILES string of the molecule is COC(=O)[C@@H]1C[C@H]1C(=O)c1ccc(OC)c2ccccc12. The van der Waals surface area contributed by atoms with Gasteiger partial charge in [0, 0.05) is 16.9 Å². The Hall–Kier alpha value is -2.36. The minimum Gasteiger partial charge on any atom is -0.496 e. The Balaban J connectivity index is 1.99. The molecule has 0 saturated heterocycles. The van der Waals surface area contributed by atoms with E-state index >= 15 is 0 Å². The number of fused-ring (bicyclic) bond motifs is 1. The standard InChI is InChI=1S/C17H16O4/c1-20-15-8-7-12(10-5-3-4-6-11(10)15)16(18)13-9-14(13)17(19)21-2/h3-8,13-14H,9H2,1-2H3/t13-,14-/m1/s1. The monoisotopic (exact) mass is 284 g/mol. The largest absolute Gasteiger partial charge is 0.496 e. The second-order valence-electron chi connectivity index (χ2n) is 5.20. The summed E-state index contributed by atoms with van der Waals surface area (Å²) in [6.45, 7) is 0. The molecule has 0 amide bonds. The molecule has 0 N–H and O–H groups in total. The van der Waals surface area contributed by atoms with E-state index in [0.29, 0.717) is 12.0 Å². The molecule has 1 aliphatic carbocycles. The van der Waals surface area contributed by atoms with Gasteiger partial charge in [0.2, 0.25) is 0 Å². The van der Waals surface area contributed by atoms with Crippen LogP contribution in [-0.2, 0) is 9.53 Å². The third-order valence-electron chi connectivity index (χ3n) is 4.00. The predicted octanol–water partition coefficient (Wildman–Crippen LogP) is 2.84. The maximum Gasteiger partial charge on any atom is 0.309 e. The summed E-state index contributed by atoms with van der Waals surface area (Å²) in [4.78, 5) is 24.1. The Morgan fingerprint density at radius 1 is 1.00 bits per heavy atom. The Morgan fingerprint density at radius 3 is 2.38 bits per heavy atom. The van der Waals surface area contributed by atoms with Crippen molar-refractivity contribution in [3.05, 3.63) is 42.0 Å². The lowest BCUT2D eigenvalue weighted by Crippen LogP contribution is -2.10. The molecule has 1 fully saturated rings. The van der Waals surface area contributed by atoms with Gasteiger partial charge in [0.05, 0.1) is 20.1 Å². The van der Waals surface area contributed by atoms with E-state index in [9.17, 15) is 9.59 Å². The highest BCUT2D eigenvalue weighted by molar-refractivity contribution is 6.12. The van der Waals surface area contributed by atoms with Crippen LogP contribution in [0.2, 0.25) is 0 Å². The van der Waals surface area contributed by atoms with Crippen LogP contribution in [0, 0.1) is 11.8 Å². The smallest absolute Gasteiger partial charge is 0.309 e. The Morgan fingerprint density at radius 2 is 1.71 bits per heavy atom. The van der Waals surface area contributed by atoms with Crippen molar-refractivity contribution in [1.29, 1.82) is 0 Å². The molecule has 2 atom stereocenters. The highest BCUT2D eigenvalue weighted by atomic mass is 16.5. The van der Waals surface area contributed by atoms with Crippen LogP contribution in [-0.4, -0.2) is 26.0 Å². The van der Waals surface area contributed by atoms with Crippen molar-refractivity contribution in [2.24, 2.45) is 11.8 Å². The number of esters is 1. The van der Waals surface area contributed by atoms with Crippen LogP contribution < -0.4 is 4.74 Å². The van der Waals surface area contributed by atoms with Gasteiger partial charge in [0.1, 0.15) is 5.75 Å². The van der Waals surface area contributed by atoms with Gasteiger partial charge in [-0.3, -0.25) is 9.59 Å². The van der Waals surface area contributed by atoms with Crippen LogP contribution >= 0.6 is 0 Å². The Kier molecular flexibility index (Phi) is 3.37. The molecule has 0 unspecified atom stereocenters. The van der Waals surface area contributed by atoms with Gasteiger partial charge in [-0.25, -0.2) is 0 Å². The summed E-state index contributed by atoms with van der Waals surface area (Å²) in [6, 6.07) is 11.2. The molecule has 0 heterocycles. The summed E-state index contributed by atoms with van der Waals surface area (Å²) in [7, 11) is 2.96. The van der Waals surface area contributed by atoms with Gasteiger partial charge in [-0.15, -0.1) is 0 Å². The summed E-state index contributed by atoms with van der Waals surface area (Å²) < 4.78 is 10.0. The maximum atomic E-state index is 12.6. The van der Waals surface area contributed by atoms with Crippen molar-refractivity contribution in [3.8, 4) is 5.75 Å². The molecule has 0 radical (unpaired) electrons. The number of ketones is 1. The predicted molar refractivity (Wildman–Crippen MR) is 78.4 cm³/mol. The van der Waals surface area contributed by atoms with Crippen molar-refractivity contribution in [2.45, 2.75) is 6.42 Å². The summed E-state index contributed by atoms with van der Waals surface area (Å²) in [5.41, 5.74) is 0.641. The fourth-order valence-electron chi connectivity index (χ4n) is 2.76. The summed E-state index contributed by atoms with van der Waals surface area (Å²) in [5.74, 6) is -0.101. The fraction of sp³-hybridized carbons (Fsp3) is 0.294. The van der Waals surface area contributed by atoms with Crippen molar-refractivity contribution < 1.29 is 19.1 Å². The number of carbonyl (C=O) groups excluding carboxylic acids is 2.